The second-order valence-corrected chi connectivity index (χ2v) is 8.24. The highest BCUT2D eigenvalue weighted by molar-refractivity contribution is 14.0. The fourth-order valence-corrected chi connectivity index (χ4v) is 2.98. The van der Waals surface area contributed by atoms with Crippen molar-refractivity contribution in [3.05, 3.63) is 23.8 Å². The van der Waals surface area contributed by atoms with Crippen LogP contribution in [0.3, 0.4) is 0 Å². The van der Waals surface area contributed by atoms with Crippen LogP contribution in [0.5, 0.6) is 11.5 Å². The van der Waals surface area contributed by atoms with Crippen LogP contribution in [0.1, 0.15) is 25.8 Å². The fraction of sp³-hybridized carbons (Fsp3) is 0.588. The van der Waals surface area contributed by atoms with Crippen molar-refractivity contribution in [2.45, 2.75) is 39.5 Å². The first kappa shape index (κ1) is 26.6. The first-order valence-electron chi connectivity index (χ1n) is 8.50. The molecule has 1 unspecified atom stereocenters. The molecule has 0 fully saturated rings. The first-order chi connectivity index (χ1) is 12.6. The number of nitrogens with one attached hydrogen (secondary N) is 2. The molecule has 0 radical (unpaired) electrons. The summed E-state index contributed by atoms with van der Waals surface area (Å²) in [4.78, 5) is 4.09. The van der Waals surface area contributed by atoms with Gasteiger partial charge >= 0.3 is 6.61 Å². The smallest absolute Gasteiger partial charge is 0.387 e. The van der Waals surface area contributed by atoms with E-state index in [2.05, 4.69) is 20.4 Å². The summed E-state index contributed by atoms with van der Waals surface area (Å²) in [6, 6.07) is 4.60. The van der Waals surface area contributed by atoms with Crippen LogP contribution < -0.4 is 20.1 Å². The van der Waals surface area contributed by atoms with Crippen molar-refractivity contribution < 1.29 is 26.7 Å². The number of hydrogen-bond acceptors (Lipinski definition) is 5. The molecule has 0 heterocycles. The molecular weight excluding hydrogens is 507 g/mol. The van der Waals surface area contributed by atoms with E-state index in [1.807, 2.05) is 6.92 Å². The average molecular weight is 535 g/mol. The van der Waals surface area contributed by atoms with Crippen molar-refractivity contribution in [3.8, 4) is 11.5 Å². The standard InChI is InChI=1S/C17H27F2N3O4S.HI/c1-5-25-15-10-13(6-7-14(15)26-16(18)19)11-21-17(20-3)22-12(2)8-9-27(4,23)24;/h6-7,10,12,16H,5,8-9,11H2,1-4H3,(H2,20,21,22);1H. The summed E-state index contributed by atoms with van der Waals surface area (Å²) < 4.78 is 57.2. The minimum Gasteiger partial charge on any atom is -0.490 e. The number of nitrogens with zero attached hydrogens (tertiary/aromatic N) is 1. The number of sulfone groups is 1. The average Bonchev–Trinajstić information content (AvgIpc) is 2.58. The van der Waals surface area contributed by atoms with Crippen LogP contribution in [-0.2, 0) is 16.4 Å². The van der Waals surface area contributed by atoms with Gasteiger partial charge < -0.3 is 20.1 Å². The number of aliphatic imine (C=N–C) groups is 1. The van der Waals surface area contributed by atoms with Crippen LogP contribution in [0.15, 0.2) is 23.2 Å². The van der Waals surface area contributed by atoms with Crippen LogP contribution in [0.4, 0.5) is 8.78 Å². The highest BCUT2D eigenvalue weighted by atomic mass is 127. The molecule has 0 saturated carbocycles. The number of ether oxygens (including phenoxy) is 2. The SMILES string of the molecule is CCOc1cc(CNC(=NC)NC(C)CCS(C)(=O)=O)ccc1OC(F)F.I. The Kier molecular flexibility index (Phi) is 12.3. The van der Waals surface area contributed by atoms with Gasteiger partial charge in [0.15, 0.2) is 17.5 Å². The van der Waals surface area contributed by atoms with Gasteiger partial charge in [-0.2, -0.15) is 8.78 Å². The second-order valence-electron chi connectivity index (χ2n) is 5.98. The minimum atomic E-state index is -3.02. The molecule has 0 amide bonds. The molecule has 1 aromatic carbocycles. The zero-order valence-electron chi connectivity index (χ0n) is 16.4. The van der Waals surface area contributed by atoms with E-state index in [0.717, 1.165) is 5.56 Å². The van der Waals surface area contributed by atoms with Crippen molar-refractivity contribution in [2.24, 2.45) is 4.99 Å². The van der Waals surface area contributed by atoms with Crippen molar-refractivity contribution in [1.29, 1.82) is 0 Å². The van der Waals surface area contributed by atoms with Gasteiger partial charge in [-0.3, -0.25) is 4.99 Å². The Hall–Kier alpha value is -1.37. The molecule has 1 rings (SSSR count). The highest BCUT2D eigenvalue weighted by Gasteiger charge is 2.13. The Morgan fingerprint density at radius 2 is 1.96 bits per heavy atom. The first-order valence-corrected chi connectivity index (χ1v) is 10.6. The molecule has 0 aromatic heterocycles. The Morgan fingerprint density at radius 3 is 2.50 bits per heavy atom. The summed E-state index contributed by atoms with van der Waals surface area (Å²) in [5.74, 6) is 0.803. The summed E-state index contributed by atoms with van der Waals surface area (Å²) in [5.41, 5.74) is 0.784. The summed E-state index contributed by atoms with van der Waals surface area (Å²) >= 11 is 0. The Morgan fingerprint density at radius 1 is 1.29 bits per heavy atom. The largest absolute Gasteiger partial charge is 0.490 e. The fourth-order valence-electron chi connectivity index (χ4n) is 2.20. The summed E-state index contributed by atoms with van der Waals surface area (Å²) in [6.07, 6.45) is 1.65. The third-order valence-corrected chi connectivity index (χ3v) is 4.49. The van der Waals surface area contributed by atoms with Gasteiger partial charge in [0.1, 0.15) is 9.84 Å². The number of guanidine groups is 1. The van der Waals surface area contributed by atoms with Crippen molar-refractivity contribution in [3.63, 3.8) is 0 Å². The Bertz CT molecular complexity index is 733. The molecule has 0 aliphatic carbocycles. The van der Waals surface area contributed by atoms with E-state index >= 15 is 0 Å². The van der Waals surface area contributed by atoms with Crippen molar-refractivity contribution in [2.75, 3.05) is 25.7 Å². The molecule has 0 bridgehead atoms. The highest BCUT2D eigenvalue weighted by Crippen LogP contribution is 2.29. The predicted octanol–water partition coefficient (Wildman–Crippen LogP) is 2.79. The van der Waals surface area contributed by atoms with Gasteiger partial charge in [0.05, 0.1) is 12.4 Å². The van der Waals surface area contributed by atoms with Gasteiger partial charge in [0.25, 0.3) is 0 Å². The van der Waals surface area contributed by atoms with Crippen LogP contribution in [0.25, 0.3) is 0 Å². The monoisotopic (exact) mass is 535 g/mol. The molecule has 28 heavy (non-hydrogen) atoms. The Balaban J connectivity index is 0.00000729. The summed E-state index contributed by atoms with van der Waals surface area (Å²) in [7, 11) is -1.42. The van der Waals surface area contributed by atoms with E-state index in [1.54, 1.807) is 26.1 Å². The predicted molar refractivity (Wildman–Crippen MR) is 117 cm³/mol. The van der Waals surface area contributed by atoms with Crippen molar-refractivity contribution in [1.82, 2.24) is 10.6 Å². The minimum absolute atomic E-state index is 0. The van der Waals surface area contributed by atoms with Gasteiger partial charge in [-0.05, 0) is 38.0 Å². The summed E-state index contributed by atoms with van der Waals surface area (Å²) in [6.45, 7) is 1.37. The van der Waals surface area contributed by atoms with E-state index in [9.17, 15) is 17.2 Å². The molecule has 2 N–H and O–H groups in total. The van der Waals surface area contributed by atoms with Gasteiger partial charge in [-0.1, -0.05) is 6.07 Å². The van der Waals surface area contributed by atoms with Gasteiger partial charge in [-0.25, -0.2) is 8.42 Å². The maximum absolute atomic E-state index is 12.4. The second kappa shape index (κ2) is 13.0. The molecule has 1 atom stereocenters. The van der Waals surface area contributed by atoms with E-state index in [4.69, 9.17) is 4.74 Å². The zero-order valence-corrected chi connectivity index (χ0v) is 19.5. The van der Waals surface area contributed by atoms with Crippen LogP contribution in [-0.4, -0.2) is 52.7 Å². The molecule has 162 valence electrons. The third-order valence-electron chi connectivity index (χ3n) is 3.51. The number of benzene rings is 1. The third kappa shape index (κ3) is 10.8. The van der Waals surface area contributed by atoms with E-state index < -0.39 is 16.4 Å². The van der Waals surface area contributed by atoms with Gasteiger partial charge in [0.2, 0.25) is 0 Å². The van der Waals surface area contributed by atoms with Crippen molar-refractivity contribution >= 4 is 39.8 Å². The molecule has 1 aromatic rings. The van der Waals surface area contributed by atoms with E-state index in [-0.39, 0.29) is 47.3 Å². The number of rotatable bonds is 10. The lowest BCUT2D eigenvalue weighted by Crippen LogP contribution is -2.42. The quantitative estimate of drug-likeness (QED) is 0.272. The number of hydrogen-bond donors (Lipinski definition) is 2. The zero-order chi connectivity index (χ0) is 20.4. The van der Waals surface area contributed by atoms with E-state index in [1.165, 1.54) is 12.3 Å². The lowest BCUT2D eigenvalue weighted by Gasteiger charge is -2.18. The van der Waals surface area contributed by atoms with E-state index in [0.29, 0.717) is 25.5 Å². The topological polar surface area (TPSA) is 89.0 Å². The summed E-state index contributed by atoms with van der Waals surface area (Å²) in [5, 5.41) is 6.19. The lowest BCUT2D eigenvalue weighted by atomic mass is 10.2. The van der Waals surface area contributed by atoms with Gasteiger partial charge in [-0.15, -0.1) is 24.0 Å². The Labute approximate surface area is 182 Å². The maximum Gasteiger partial charge on any atom is 0.387 e. The number of alkyl halides is 2. The molecule has 11 heteroatoms. The number of halogens is 3. The van der Waals surface area contributed by atoms with Gasteiger partial charge in [0, 0.05) is 25.9 Å². The molecule has 0 aliphatic rings. The van der Waals surface area contributed by atoms with Crippen LogP contribution in [0.2, 0.25) is 0 Å². The van der Waals surface area contributed by atoms with Crippen LogP contribution >= 0.6 is 24.0 Å². The molecule has 7 nitrogen and oxygen atoms in total. The maximum atomic E-state index is 12.4. The molecule has 0 saturated heterocycles. The normalized spacial score (nSPS) is 12.9. The molecule has 0 aliphatic heterocycles. The molecule has 0 spiro atoms. The molecular formula is C17H28F2IN3O4S. The lowest BCUT2D eigenvalue weighted by molar-refractivity contribution is -0.0514. The van der Waals surface area contributed by atoms with Crippen LogP contribution in [0, 0.1) is 0 Å².